The molecule has 2 bridgehead atoms. The van der Waals surface area contributed by atoms with Gasteiger partial charge in [-0.1, -0.05) is 20.8 Å². The molecular formula is C18H21F3N2O3. The lowest BCUT2D eigenvalue weighted by Gasteiger charge is -2.39. The van der Waals surface area contributed by atoms with Crippen molar-refractivity contribution in [3.05, 3.63) is 39.4 Å². The van der Waals surface area contributed by atoms with Crippen molar-refractivity contribution < 1.29 is 22.9 Å². The highest BCUT2D eigenvalue weighted by Gasteiger charge is 2.61. The highest BCUT2D eigenvalue weighted by Crippen LogP contribution is 2.65. The predicted octanol–water partition coefficient (Wildman–Crippen LogP) is 4.56. The summed E-state index contributed by atoms with van der Waals surface area (Å²) in [7, 11) is 0. The second-order valence-corrected chi connectivity index (χ2v) is 8.12. The zero-order chi connectivity index (χ0) is 19.5. The van der Waals surface area contributed by atoms with Crippen LogP contribution in [0.3, 0.4) is 0 Å². The lowest BCUT2D eigenvalue weighted by molar-refractivity contribution is -0.385. The Bertz CT molecular complexity index is 775. The number of alkyl halides is 3. The fraction of sp³-hybridized carbons (Fsp3) is 0.611. The van der Waals surface area contributed by atoms with Gasteiger partial charge in [-0.3, -0.25) is 14.9 Å². The van der Waals surface area contributed by atoms with Gasteiger partial charge < -0.3 is 5.32 Å². The molecule has 0 aromatic heterocycles. The SMILES string of the molecule is CC1(C)[C@@H]2CC[C@@]1(C)[C@H](NC(=O)c1ccc(C(F)(F)F)cc1[N+](=O)[O-])C2. The van der Waals surface area contributed by atoms with E-state index in [0.717, 1.165) is 25.3 Å². The maximum Gasteiger partial charge on any atom is 0.416 e. The Balaban J connectivity index is 1.88. The summed E-state index contributed by atoms with van der Waals surface area (Å²) >= 11 is 0. The summed E-state index contributed by atoms with van der Waals surface area (Å²) in [4.78, 5) is 22.9. The fourth-order valence-electron chi connectivity index (χ4n) is 4.71. The molecule has 0 spiro atoms. The summed E-state index contributed by atoms with van der Waals surface area (Å²) in [6, 6.07) is 1.86. The first-order valence-corrected chi connectivity index (χ1v) is 8.54. The molecule has 8 heteroatoms. The maximum absolute atomic E-state index is 12.8. The van der Waals surface area contributed by atoms with Crippen molar-refractivity contribution in [2.45, 2.75) is 52.3 Å². The van der Waals surface area contributed by atoms with E-state index in [1.807, 2.05) is 0 Å². The summed E-state index contributed by atoms with van der Waals surface area (Å²) in [6.45, 7) is 6.43. The van der Waals surface area contributed by atoms with Gasteiger partial charge in [-0.05, 0) is 48.1 Å². The minimum Gasteiger partial charge on any atom is -0.349 e. The summed E-state index contributed by atoms with van der Waals surface area (Å²) in [5.41, 5.74) is -2.41. The molecule has 3 atom stereocenters. The topological polar surface area (TPSA) is 72.2 Å². The summed E-state index contributed by atoms with van der Waals surface area (Å²) in [5.74, 6) is -0.236. The number of carbonyl (C=O) groups is 1. The molecule has 2 fully saturated rings. The third-order valence-corrected chi connectivity index (χ3v) is 6.87. The Labute approximate surface area is 149 Å². The monoisotopic (exact) mass is 370 g/mol. The molecule has 2 aliphatic rings. The Morgan fingerprint density at radius 3 is 2.42 bits per heavy atom. The minimum absolute atomic E-state index is 0.0387. The first-order valence-electron chi connectivity index (χ1n) is 8.54. The molecule has 2 saturated carbocycles. The first-order chi connectivity index (χ1) is 11.9. The van der Waals surface area contributed by atoms with Crippen LogP contribution in [-0.2, 0) is 6.18 Å². The number of fused-ring (bicyclic) bond motifs is 2. The third kappa shape index (κ3) is 2.66. The smallest absolute Gasteiger partial charge is 0.349 e. The second kappa shape index (κ2) is 5.69. The fourth-order valence-corrected chi connectivity index (χ4v) is 4.71. The number of hydrogen-bond acceptors (Lipinski definition) is 3. The lowest BCUT2D eigenvalue weighted by atomic mass is 9.69. The van der Waals surface area contributed by atoms with E-state index in [4.69, 9.17) is 0 Å². The Morgan fingerprint density at radius 2 is 1.96 bits per heavy atom. The number of amides is 1. The van der Waals surface area contributed by atoms with E-state index < -0.39 is 28.3 Å². The van der Waals surface area contributed by atoms with Crippen LogP contribution in [0.4, 0.5) is 18.9 Å². The lowest BCUT2D eigenvalue weighted by Crippen LogP contribution is -2.47. The van der Waals surface area contributed by atoms with Crippen LogP contribution < -0.4 is 5.32 Å². The summed E-state index contributed by atoms with van der Waals surface area (Å²) < 4.78 is 38.4. The van der Waals surface area contributed by atoms with Gasteiger partial charge in [0.2, 0.25) is 0 Å². The number of hydrogen-bond donors (Lipinski definition) is 1. The predicted molar refractivity (Wildman–Crippen MR) is 88.6 cm³/mol. The summed E-state index contributed by atoms with van der Waals surface area (Å²) in [6.07, 6.45) is -1.90. The molecular weight excluding hydrogens is 349 g/mol. The molecule has 5 nitrogen and oxygen atoms in total. The van der Waals surface area contributed by atoms with Crippen LogP contribution in [0.2, 0.25) is 0 Å². The van der Waals surface area contributed by atoms with E-state index in [-0.39, 0.29) is 22.4 Å². The number of nitro groups is 1. The van der Waals surface area contributed by atoms with Crippen molar-refractivity contribution in [1.82, 2.24) is 5.32 Å². The maximum atomic E-state index is 12.8. The van der Waals surface area contributed by atoms with Crippen LogP contribution in [0.25, 0.3) is 0 Å². The van der Waals surface area contributed by atoms with E-state index in [0.29, 0.717) is 18.1 Å². The van der Waals surface area contributed by atoms with E-state index in [2.05, 4.69) is 26.1 Å². The van der Waals surface area contributed by atoms with Crippen LogP contribution >= 0.6 is 0 Å². The average molecular weight is 370 g/mol. The molecule has 2 aliphatic carbocycles. The molecule has 0 radical (unpaired) electrons. The molecule has 1 amide bonds. The van der Waals surface area contributed by atoms with E-state index in [1.54, 1.807) is 0 Å². The molecule has 0 aliphatic heterocycles. The quantitative estimate of drug-likeness (QED) is 0.626. The zero-order valence-electron chi connectivity index (χ0n) is 14.8. The van der Waals surface area contributed by atoms with Crippen LogP contribution in [0.15, 0.2) is 18.2 Å². The van der Waals surface area contributed by atoms with Crippen molar-refractivity contribution in [1.29, 1.82) is 0 Å². The second-order valence-electron chi connectivity index (χ2n) is 8.12. The molecule has 0 heterocycles. The zero-order valence-corrected chi connectivity index (χ0v) is 14.8. The molecule has 1 N–H and O–H groups in total. The van der Waals surface area contributed by atoms with E-state index >= 15 is 0 Å². The molecule has 0 saturated heterocycles. The van der Waals surface area contributed by atoms with E-state index in [1.165, 1.54) is 0 Å². The molecule has 0 unspecified atom stereocenters. The molecule has 1 aromatic carbocycles. The highest BCUT2D eigenvalue weighted by molar-refractivity contribution is 5.98. The van der Waals surface area contributed by atoms with Gasteiger partial charge in [-0.25, -0.2) is 0 Å². The number of benzene rings is 1. The number of rotatable bonds is 3. The number of halogens is 3. The van der Waals surface area contributed by atoms with Crippen molar-refractivity contribution in [3.8, 4) is 0 Å². The normalized spacial score (nSPS) is 29.6. The Hall–Kier alpha value is -2.12. The van der Waals surface area contributed by atoms with E-state index in [9.17, 15) is 28.1 Å². The standard InChI is InChI=1S/C18H21F3N2O3/c1-16(2)10-6-7-17(16,3)14(9-10)22-15(24)12-5-4-11(18(19,20)21)8-13(12)23(25)26/h4-5,8,10,14H,6-7,9H2,1-3H3,(H,22,24)/t10-,14-,17+/m1/s1. The van der Waals surface area contributed by atoms with Crippen molar-refractivity contribution in [3.63, 3.8) is 0 Å². The molecule has 142 valence electrons. The van der Waals surface area contributed by atoms with Gasteiger partial charge in [0.1, 0.15) is 5.56 Å². The number of nitrogens with one attached hydrogen (secondary N) is 1. The third-order valence-electron chi connectivity index (χ3n) is 6.87. The Morgan fingerprint density at radius 1 is 1.31 bits per heavy atom. The summed E-state index contributed by atoms with van der Waals surface area (Å²) in [5, 5.41) is 14.0. The molecule has 3 rings (SSSR count). The molecule has 26 heavy (non-hydrogen) atoms. The minimum atomic E-state index is -4.71. The van der Waals surface area contributed by atoms with Gasteiger partial charge in [0.15, 0.2) is 0 Å². The van der Waals surface area contributed by atoms with Crippen LogP contribution in [0.1, 0.15) is 56.0 Å². The van der Waals surface area contributed by atoms with Crippen LogP contribution in [0.5, 0.6) is 0 Å². The molecule has 1 aromatic rings. The van der Waals surface area contributed by atoms with Crippen molar-refractivity contribution in [2.24, 2.45) is 16.7 Å². The van der Waals surface area contributed by atoms with Crippen LogP contribution in [0, 0.1) is 26.9 Å². The van der Waals surface area contributed by atoms with Crippen molar-refractivity contribution in [2.75, 3.05) is 0 Å². The largest absolute Gasteiger partial charge is 0.416 e. The van der Waals surface area contributed by atoms with Gasteiger partial charge in [0.05, 0.1) is 10.5 Å². The average Bonchev–Trinajstić information content (AvgIpc) is 2.86. The van der Waals surface area contributed by atoms with Gasteiger partial charge in [-0.15, -0.1) is 0 Å². The van der Waals surface area contributed by atoms with Gasteiger partial charge >= 0.3 is 6.18 Å². The van der Waals surface area contributed by atoms with Crippen molar-refractivity contribution >= 4 is 11.6 Å². The van der Waals surface area contributed by atoms with Gasteiger partial charge in [0, 0.05) is 12.1 Å². The highest BCUT2D eigenvalue weighted by atomic mass is 19.4. The van der Waals surface area contributed by atoms with Crippen LogP contribution in [-0.4, -0.2) is 16.9 Å². The number of nitro benzene ring substituents is 1. The number of carbonyl (C=O) groups excluding carboxylic acids is 1. The van der Waals surface area contributed by atoms with Gasteiger partial charge in [0.25, 0.3) is 11.6 Å². The van der Waals surface area contributed by atoms with Gasteiger partial charge in [-0.2, -0.15) is 13.2 Å². The Kier molecular flexibility index (Phi) is 4.08. The first kappa shape index (κ1) is 18.7. The number of nitrogens with zero attached hydrogens (tertiary/aromatic N) is 1.